The van der Waals surface area contributed by atoms with Crippen LogP contribution in [0, 0.1) is 5.92 Å². The number of furan rings is 1. The van der Waals surface area contributed by atoms with Crippen LogP contribution in [0.5, 0.6) is 0 Å². The van der Waals surface area contributed by atoms with Crippen LogP contribution in [0.3, 0.4) is 0 Å². The molecule has 3 nitrogen and oxygen atoms in total. The highest BCUT2D eigenvalue weighted by Gasteiger charge is 2.26. The molecule has 0 radical (unpaired) electrons. The Morgan fingerprint density at radius 1 is 1.50 bits per heavy atom. The van der Waals surface area contributed by atoms with Gasteiger partial charge in [-0.2, -0.15) is 0 Å². The third-order valence-corrected chi connectivity index (χ3v) is 3.81. The molecule has 90 valence electrons. The fourth-order valence-corrected chi connectivity index (χ4v) is 2.54. The van der Waals surface area contributed by atoms with Crippen LogP contribution in [-0.2, 0) is 0 Å². The molecular formula is C13H22N2O. The van der Waals surface area contributed by atoms with Crippen molar-refractivity contribution in [1.82, 2.24) is 4.90 Å². The predicted octanol–water partition coefficient (Wildman–Crippen LogP) is 2.40. The molecule has 2 N–H and O–H groups in total. The number of nitrogens with two attached hydrogens (primary N) is 1. The van der Waals surface area contributed by atoms with Gasteiger partial charge >= 0.3 is 0 Å². The fraction of sp³-hybridized carbons (Fsp3) is 0.692. The van der Waals surface area contributed by atoms with Crippen molar-refractivity contribution in [3.8, 4) is 0 Å². The van der Waals surface area contributed by atoms with E-state index in [1.54, 1.807) is 6.26 Å². The number of rotatable bonds is 3. The summed E-state index contributed by atoms with van der Waals surface area (Å²) in [6.45, 7) is 6.66. The molecule has 2 heterocycles. The topological polar surface area (TPSA) is 42.4 Å². The molecule has 16 heavy (non-hydrogen) atoms. The van der Waals surface area contributed by atoms with Gasteiger partial charge in [0.15, 0.2) is 0 Å². The maximum Gasteiger partial charge on any atom is 0.0950 e. The third kappa shape index (κ3) is 2.47. The molecule has 0 amide bonds. The Balaban J connectivity index is 1.99. The van der Waals surface area contributed by atoms with Gasteiger partial charge in [-0.3, -0.25) is 4.90 Å². The Bertz CT molecular complexity index is 308. The van der Waals surface area contributed by atoms with Crippen molar-refractivity contribution >= 4 is 0 Å². The van der Waals surface area contributed by atoms with Gasteiger partial charge in [-0.15, -0.1) is 0 Å². The molecule has 0 bridgehead atoms. The molecule has 2 rings (SSSR count). The van der Waals surface area contributed by atoms with Crippen molar-refractivity contribution in [2.45, 2.75) is 38.8 Å². The first kappa shape index (κ1) is 11.7. The predicted molar refractivity (Wildman–Crippen MR) is 65.1 cm³/mol. The standard InChI is InChI=1S/C13H22N2O/c1-10(14)12-4-3-6-15(8-12)11(2)13-5-7-16-9-13/h5,7,9-12H,3-4,6,8,14H2,1-2H3. The molecule has 0 aromatic carbocycles. The summed E-state index contributed by atoms with van der Waals surface area (Å²) in [5.41, 5.74) is 7.27. The second kappa shape index (κ2) is 5.02. The number of piperidine rings is 1. The van der Waals surface area contributed by atoms with Crippen LogP contribution in [-0.4, -0.2) is 24.0 Å². The molecule has 1 aromatic heterocycles. The van der Waals surface area contributed by atoms with E-state index in [0.717, 1.165) is 6.54 Å². The zero-order chi connectivity index (χ0) is 11.5. The summed E-state index contributed by atoms with van der Waals surface area (Å²) in [6, 6.07) is 2.81. The number of hydrogen-bond acceptors (Lipinski definition) is 3. The SMILES string of the molecule is CC(N)C1CCCN(C(C)c2ccoc2)C1. The summed E-state index contributed by atoms with van der Waals surface area (Å²) in [7, 11) is 0. The monoisotopic (exact) mass is 222 g/mol. The lowest BCUT2D eigenvalue weighted by atomic mass is 9.91. The Morgan fingerprint density at radius 3 is 2.94 bits per heavy atom. The molecule has 3 atom stereocenters. The maximum atomic E-state index is 6.00. The zero-order valence-corrected chi connectivity index (χ0v) is 10.2. The Morgan fingerprint density at radius 2 is 2.31 bits per heavy atom. The molecule has 1 aliphatic heterocycles. The van der Waals surface area contributed by atoms with Crippen molar-refractivity contribution in [3.63, 3.8) is 0 Å². The van der Waals surface area contributed by atoms with Crippen LogP contribution in [0.1, 0.15) is 38.3 Å². The van der Waals surface area contributed by atoms with Crippen molar-refractivity contribution in [2.75, 3.05) is 13.1 Å². The van der Waals surface area contributed by atoms with E-state index < -0.39 is 0 Å². The van der Waals surface area contributed by atoms with E-state index in [2.05, 4.69) is 24.8 Å². The Labute approximate surface area is 97.6 Å². The van der Waals surface area contributed by atoms with E-state index in [9.17, 15) is 0 Å². The summed E-state index contributed by atoms with van der Waals surface area (Å²) in [6.07, 6.45) is 6.12. The lowest BCUT2D eigenvalue weighted by molar-refractivity contribution is 0.121. The molecule has 3 unspecified atom stereocenters. The van der Waals surface area contributed by atoms with Gasteiger partial charge in [0.1, 0.15) is 0 Å². The van der Waals surface area contributed by atoms with Crippen molar-refractivity contribution in [1.29, 1.82) is 0 Å². The molecule has 3 heteroatoms. The maximum absolute atomic E-state index is 6.00. The van der Waals surface area contributed by atoms with Crippen molar-refractivity contribution in [3.05, 3.63) is 24.2 Å². The first-order valence-corrected chi connectivity index (χ1v) is 6.20. The Kier molecular flexibility index (Phi) is 3.66. The molecule has 0 saturated carbocycles. The van der Waals surface area contributed by atoms with Gasteiger partial charge in [0.2, 0.25) is 0 Å². The highest BCUT2D eigenvalue weighted by molar-refractivity contribution is 5.11. The minimum absolute atomic E-state index is 0.305. The van der Waals surface area contributed by atoms with Gasteiger partial charge in [-0.25, -0.2) is 0 Å². The third-order valence-electron chi connectivity index (χ3n) is 3.81. The van der Waals surface area contributed by atoms with Crippen LogP contribution in [0.25, 0.3) is 0 Å². The van der Waals surface area contributed by atoms with Gasteiger partial charge in [-0.05, 0) is 45.2 Å². The van der Waals surface area contributed by atoms with Crippen molar-refractivity contribution < 1.29 is 4.42 Å². The molecule has 1 aromatic rings. The minimum Gasteiger partial charge on any atom is -0.472 e. The summed E-state index contributed by atoms with van der Waals surface area (Å²) in [4.78, 5) is 2.52. The highest BCUT2D eigenvalue weighted by atomic mass is 16.3. The average molecular weight is 222 g/mol. The van der Waals surface area contributed by atoms with Gasteiger partial charge < -0.3 is 10.2 Å². The van der Waals surface area contributed by atoms with E-state index >= 15 is 0 Å². The summed E-state index contributed by atoms with van der Waals surface area (Å²) in [5, 5.41) is 0. The molecule has 1 saturated heterocycles. The largest absolute Gasteiger partial charge is 0.472 e. The summed E-state index contributed by atoms with van der Waals surface area (Å²) in [5.74, 6) is 0.642. The highest BCUT2D eigenvalue weighted by Crippen LogP contribution is 2.27. The summed E-state index contributed by atoms with van der Waals surface area (Å²) >= 11 is 0. The lowest BCUT2D eigenvalue weighted by Crippen LogP contribution is -2.43. The summed E-state index contributed by atoms with van der Waals surface area (Å²) < 4.78 is 5.15. The first-order chi connectivity index (χ1) is 7.68. The van der Waals surface area contributed by atoms with Crippen molar-refractivity contribution in [2.24, 2.45) is 11.7 Å². The Hall–Kier alpha value is -0.800. The first-order valence-electron chi connectivity index (χ1n) is 6.20. The normalized spacial score (nSPS) is 26.6. The van der Waals surface area contributed by atoms with Crippen LogP contribution >= 0.6 is 0 Å². The molecular weight excluding hydrogens is 200 g/mol. The van der Waals surface area contributed by atoms with Gasteiger partial charge in [0, 0.05) is 24.2 Å². The smallest absolute Gasteiger partial charge is 0.0950 e. The molecule has 1 aliphatic rings. The fourth-order valence-electron chi connectivity index (χ4n) is 2.54. The molecule has 1 fully saturated rings. The quantitative estimate of drug-likeness (QED) is 0.854. The lowest BCUT2D eigenvalue weighted by Gasteiger charge is -2.38. The van der Waals surface area contributed by atoms with E-state index in [-0.39, 0.29) is 0 Å². The van der Waals surface area contributed by atoms with E-state index in [1.165, 1.54) is 24.9 Å². The molecule has 0 aliphatic carbocycles. The number of likely N-dealkylation sites (tertiary alicyclic amines) is 1. The van der Waals surface area contributed by atoms with E-state index in [0.29, 0.717) is 18.0 Å². The van der Waals surface area contributed by atoms with Crippen LogP contribution < -0.4 is 5.73 Å². The van der Waals surface area contributed by atoms with Gasteiger partial charge in [0.05, 0.1) is 12.5 Å². The minimum atomic E-state index is 0.305. The average Bonchev–Trinajstić information content (AvgIpc) is 2.81. The van der Waals surface area contributed by atoms with Gasteiger partial charge in [0.25, 0.3) is 0 Å². The number of hydrogen-bond donors (Lipinski definition) is 1. The van der Waals surface area contributed by atoms with Crippen LogP contribution in [0.4, 0.5) is 0 Å². The zero-order valence-electron chi connectivity index (χ0n) is 10.2. The van der Waals surface area contributed by atoms with Gasteiger partial charge in [-0.1, -0.05) is 0 Å². The molecule has 0 spiro atoms. The van der Waals surface area contributed by atoms with Crippen LogP contribution in [0.2, 0.25) is 0 Å². The second-order valence-electron chi connectivity index (χ2n) is 4.99. The number of nitrogens with zero attached hydrogens (tertiary/aromatic N) is 1. The van der Waals surface area contributed by atoms with E-state index in [4.69, 9.17) is 10.2 Å². The second-order valence-corrected chi connectivity index (χ2v) is 4.99. The van der Waals surface area contributed by atoms with Crippen LogP contribution in [0.15, 0.2) is 23.0 Å². The van der Waals surface area contributed by atoms with E-state index in [1.807, 2.05) is 6.26 Å².